The van der Waals surface area contributed by atoms with E-state index in [4.69, 9.17) is 8.37 Å². The highest BCUT2D eigenvalue weighted by atomic mass is 32.2. The van der Waals surface area contributed by atoms with E-state index in [1.165, 1.54) is 24.3 Å². The normalized spacial score (nSPS) is 12.4. The van der Waals surface area contributed by atoms with Crippen molar-refractivity contribution in [1.82, 2.24) is 0 Å². The zero-order valence-corrected chi connectivity index (χ0v) is 19.3. The van der Waals surface area contributed by atoms with Crippen LogP contribution in [0, 0.1) is 19.8 Å². The molecule has 0 atom stereocenters. The van der Waals surface area contributed by atoms with Crippen LogP contribution < -0.4 is 0 Å². The average Bonchev–Trinajstić information content (AvgIpc) is 2.68. The van der Waals surface area contributed by atoms with Gasteiger partial charge in [-0.25, -0.2) is 0 Å². The first kappa shape index (κ1) is 24.5. The Labute approximate surface area is 180 Å². The molecule has 0 bridgehead atoms. The Hall–Kier alpha value is -1.74. The molecule has 2 aromatic rings. The molecular formula is C22H30O6S2. The number of hydrogen-bond donors (Lipinski definition) is 0. The van der Waals surface area contributed by atoms with Gasteiger partial charge in [-0.2, -0.15) is 16.8 Å². The number of aryl methyl sites for hydroxylation is 2. The van der Waals surface area contributed by atoms with Crippen LogP contribution in [0.2, 0.25) is 0 Å². The molecule has 0 saturated heterocycles. The highest BCUT2D eigenvalue weighted by Crippen LogP contribution is 2.20. The molecule has 6 nitrogen and oxygen atoms in total. The predicted molar refractivity (Wildman–Crippen MR) is 116 cm³/mol. The second-order valence-corrected chi connectivity index (χ2v) is 10.6. The summed E-state index contributed by atoms with van der Waals surface area (Å²) in [6.45, 7) is 5.89. The van der Waals surface area contributed by atoms with E-state index in [9.17, 15) is 16.8 Å². The summed E-state index contributed by atoms with van der Waals surface area (Å²) in [5, 5.41) is 0. The molecule has 2 aromatic carbocycles. The highest BCUT2D eigenvalue weighted by molar-refractivity contribution is 7.87. The van der Waals surface area contributed by atoms with Crippen molar-refractivity contribution in [3.8, 4) is 0 Å². The van der Waals surface area contributed by atoms with Gasteiger partial charge >= 0.3 is 0 Å². The van der Waals surface area contributed by atoms with Crippen LogP contribution in [0.15, 0.2) is 58.3 Å². The molecule has 0 aromatic heterocycles. The quantitative estimate of drug-likeness (QED) is 0.435. The molecular weight excluding hydrogens is 424 g/mol. The van der Waals surface area contributed by atoms with E-state index in [-0.39, 0.29) is 28.9 Å². The minimum absolute atomic E-state index is 0.0472. The second kappa shape index (κ2) is 11.0. The first-order valence-electron chi connectivity index (χ1n) is 10.1. The van der Waals surface area contributed by atoms with E-state index in [0.717, 1.165) is 24.0 Å². The van der Waals surface area contributed by atoms with Gasteiger partial charge in [-0.3, -0.25) is 8.37 Å². The lowest BCUT2D eigenvalue weighted by atomic mass is 9.97. The van der Waals surface area contributed by atoms with E-state index in [1.54, 1.807) is 24.3 Å². The van der Waals surface area contributed by atoms with Crippen molar-refractivity contribution in [2.24, 2.45) is 5.92 Å². The maximum atomic E-state index is 12.3. The Morgan fingerprint density at radius 3 is 1.37 bits per heavy atom. The average molecular weight is 455 g/mol. The van der Waals surface area contributed by atoms with Gasteiger partial charge < -0.3 is 0 Å². The summed E-state index contributed by atoms with van der Waals surface area (Å²) in [5.74, 6) is 0.108. The van der Waals surface area contributed by atoms with Gasteiger partial charge in [0.05, 0.1) is 23.0 Å². The van der Waals surface area contributed by atoms with Gasteiger partial charge in [0.1, 0.15) is 0 Å². The first-order chi connectivity index (χ1) is 14.1. The molecule has 0 heterocycles. The van der Waals surface area contributed by atoms with E-state index in [2.05, 4.69) is 0 Å². The Bertz CT molecular complexity index is 913. The van der Waals surface area contributed by atoms with Crippen LogP contribution >= 0.6 is 0 Å². The maximum absolute atomic E-state index is 12.3. The molecule has 0 saturated carbocycles. The summed E-state index contributed by atoms with van der Waals surface area (Å²) < 4.78 is 59.5. The lowest BCUT2D eigenvalue weighted by Crippen LogP contribution is -2.14. The monoisotopic (exact) mass is 454 g/mol. The smallest absolute Gasteiger partial charge is 0.266 e. The molecule has 0 aliphatic rings. The molecule has 0 fully saturated rings. The second-order valence-electron chi connectivity index (χ2n) is 7.41. The standard InChI is InChI=1S/C22H30O6S2/c1-4-5-20(14-16-27-29(23,24)21-10-6-18(2)7-11-21)15-17-28-30(25,26)22-12-8-19(3)9-13-22/h6-13,20H,4-5,14-17H2,1-3H3. The Morgan fingerprint density at radius 1 is 0.667 bits per heavy atom. The summed E-state index contributed by atoms with van der Waals surface area (Å²) >= 11 is 0. The van der Waals surface area contributed by atoms with Crippen molar-refractivity contribution in [2.45, 2.75) is 56.2 Å². The molecule has 0 radical (unpaired) electrons. The molecule has 0 amide bonds. The molecule has 8 heteroatoms. The Balaban J connectivity index is 1.85. The zero-order valence-electron chi connectivity index (χ0n) is 17.7. The summed E-state index contributed by atoms with van der Waals surface area (Å²) in [6.07, 6.45) is 2.75. The minimum Gasteiger partial charge on any atom is -0.266 e. The van der Waals surface area contributed by atoms with Crippen molar-refractivity contribution in [3.63, 3.8) is 0 Å². The van der Waals surface area contributed by atoms with Crippen LogP contribution in [0.5, 0.6) is 0 Å². The highest BCUT2D eigenvalue weighted by Gasteiger charge is 2.18. The summed E-state index contributed by atoms with van der Waals surface area (Å²) in [7, 11) is -7.60. The molecule has 2 rings (SSSR count). The van der Waals surface area contributed by atoms with Crippen LogP contribution in [-0.2, 0) is 28.6 Å². The van der Waals surface area contributed by atoms with E-state index in [1.807, 2.05) is 20.8 Å². The van der Waals surface area contributed by atoms with Crippen LogP contribution in [0.25, 0.3) is 0 Å². The summed E-state index contributed by atoms with van der Waals surface area (Å²) in [6, 6.07) is 13.0. The van der Waals surface area contributed by atoms with Gasteiger partial charge in [-0.05, 0) is 56.9 Å². The first-order valence-corrected chi connectivity index (χ1v) is 12.9. The van der Waals surface area contributed by atoms with Crippen molar-refractivity contribution in [3.05, 3.63) is 59.7 Å². The molecule has 30 heavy (non-hydrogen) atoms. The molecule has 166 valence electrons. The van der Waals surface area contributed by atoms with Gasteiger partial charge in [-0.15, -0.1) is 0 Å². The fraction of sp³-hybridized carbons (Fsp3) is 0.455. The van der Waals surface area contributed by atoms with Gasteiger partial charge in [0.2, 0.25) is 0 Å². The zero-order chi connectivity index (χ0) is 22.2. The third kappa shape index (κ3) is 7.50. The molecule has 0 aliphatic carbocycles. The Morgan fingerprint density at radius 2 is 1.03 bits per heavy atom. The van der Waals surface area contributed by atoms with Gasteiger partial charge in [0, 0.05) is 0 Å². The van der Waals surface area contributed by atoms with Crippen LogP contribution in [0.1, 0.15) is 43.7 Å². The maximum Gasteiger partial charge on any atom is 0.296 e. The predicted octanol–water partition coefficient (Wildman–Crippen LogP) is 4.61. The van der Waals surface area contributed by atoms with E-state index in [0.29, 0.717) is 12.8 Å². The van der Waals surface area contributed by atoms with Gasteiger partial charge in [0.25, 0.3) is 20.2 Å². The SMILES string of the molecule is CCCC(CCOS(=O)(=O)c1ccc(C)cc1)CCOS(=O)(=O)c1ccc(C)cc1. The van der Waals surface area contributed by atoms with E-state index >= 15 is 0 Å². The van der Waals surface area contributed by atoms with Crippen molar-refractivity contribution >= 4 is 20.2 Å². The molecule has 0 unspecified atom stereocenters. The van der Waals surface area contributed by atoms with Crippen LogP contribution in [0.3, 0.4) is 0 Å². The fourth-order valence-electron chi connectivity index (χ4n) is 3.04. The largest absolute Gasteiger partial charge is 0.296 e. The van der Waals surface area contributed by atoms with Crippen LogP contribution in [-0.4, -0.2) is 30.0 Å². The van der Waals surface area contributed by atoms with Gasteiger partial charge in [-0.1, -0.05) is 55.2 Å². The number of benzene rings is 2. The third-order valence-corrected chi connectivity index (χ3v) is 7.50. The third-order valence-electron chi connectivity index (χ3n) is 4.85. The topological polar surface area (TPSA) is 86.7 Å². The summed E-state index contributed by atoms with van der Waals surface area (Å²) in [5.41, 5.74) is 1.94. The van der Waals surface area contributed by atoms with E-state index < -0.39 is 20.2 Å². The lowest BCUT2D eigenvalue weighted by molar-refractivity contribution is 0.235. The number of rotatable bonds is 12. The minimum atomic E-state index is -3.80. The van der Waals surface area contributed by atoms with Crippen molar-refractivity contribution in [2.75, 3.05) is 13.2 Å². The molecule has 0 aliphatic heterocycles. The summed E-state index contributed by atoms with van der Waals surface area (Å²) in [4.78, 5) is 0.264. The van der Waals surface area contributed by atoms with Crippen LogP contribution in [0.4, 0.5) is 0 Å². The van der Waals surface area contributed by atoms with Crippen molar-refractivity contribution < 1.29 is 25.2 Å². The number of hydrogen-bond acceptors (Lipinski definition) is 6. The lowest BCUT2D eigenvalue weighted by Gasteiger charge is -2.16. The van der Waals surface area contributed by atoms with Gasteiger partial charge in [0.15, 0.2) is 0 Å². The molecule has 0 spiro atoms. The Kier molecular flexibility index (Phi) is 9.03. The fourth-order valence-corrected chi connectivity index (χ4v) is 4.88. The molecule has 0 N–H and O–H groups in total. The van der Waals surface area contributed by atoms with Crippen molar-refractivity contribution in [1.29, 1.82) is 0 Å².